The molecule has 0 spiro atoms. The molecule has 0 heterocycles. The molecule has 0 radical (unpaired) electrons. The quantitative estimate of drug-likeness (QED) is 0.889. The third kappa shape index (κ3) is 2.94. The molecular weight excluding hydrogens is 282 g/mol. The minimum Gasteiger partial charge on any atom is -0.493 e. The minimum absolute atomic E-state index is 0.371. The molecule has 118 valence electrons. The zero-order chi connectivity index (χ0) is 16.1. The smallest absolute Gasteiger partial charge is 0.165 e. The molecule has 0 saturated heterocycles. The Kier molecular flexibility index (Phi) is 5.12. The van der Waals surface area contributed by atoms with E-state index in [-0.39, 0.29) is 6.04 Å². The van der Waals surface area contributed by atoms with Crippen molar-refractivity contribution in [1.29, 1.82) is 0 Å². The van der Waals surface area contributed by atoms with Crippen LogP contribution in [0.2, 0.25) is 0 Å². The maximum absolute atomic E-state index is 6.40. The minimum atomic E-state index is -0.371. The summed E-state index contributed by atoms with van der Waals surface area (Å²) < 4.78 is 21.3. The first-order valence-corrected chi connectivity index (χ1v) is 6.84. The highest BCUT2D eigenvalue weighted by molar-refractivity contribution is 5.52. The fraction of sp³-hybridized carbons (Fsp3) is 0.294. The van der Waals surface area contributed by atoms with Gasteiger partial charge in [0.1, 0.15) is 0 Å². The highest BCUT2D eigenvalue weighted by atomic mass is 16.5. The zero-order valence-corrected chi connectivity index (χ0v) is 13.3. The number of ether oxygens (including phenoxy) is 4. The van der Waals surface area contributed by atoms with E-state index in [2.05, 4.69) is 0 Å². The SMILES string of the molecule is COc1ccc(C(N)c2cccc(OC)c2OC)cc1OC. The van der Waals surface area contributed by atoms with Gasteiger partial charge in [-0.15, -0.1) is 0 Å². The predicted octanol–water partition coefficient (Wildman–Crippen LogP) is 2.77. The fourth-order valence-electron chi connectivity index (χ4n) is 2.38. The summed E-state index contributed by atoms with van der Waals surface area (Å²) in [7, 11) is 6.40. The zero-order valence-electron chi connectivity index (χ0n) is 13.3. The summed E-state index contributed by atoms with van der Waals surface area (Å²) in [4.78, 5) is 0. The monoisotopic (exact) mass is 303 g/mol. The van der Waals surface area contributed by atoms with Gasteiger partial charge in [-0.1, -0.05) is 18.2 Å². The summed E-state index contributed by atoms with van der Waals surface area (Å²) in [5.41, 5.74) is 8.13. The van der Waals surface area contributed by atoms with Crippen molar-refractivity contribution < 1.29 is 18.9 Å². The van der Waals surface area contributed by atoms with Gasteiger partial charge in [0.25, 0.3) is 0 Å². The number of hydrogen-bond donors (Lipinski definition) is 1. The average molecular weight is 303 g/mol. The molecule has 1 atom stereocenters. The van der Waals surface area contributed by atoms with Crippen LogP contribution in [-0.4, -0.2) is 28.4 Å². The van der Waals surface area contributed by atoms with E-state index >= 15 is 0 Å². The van der Waals surface area contributed by atoms with Crippen LogP contribution in [0.5, 0.6) is 23.0 Å². The molecule has 0 bridgehead atoms. The molecule has 0 aromatic heterocycles. The average Bonchev–Trinajstić information content (AvgIpc) is 2.59. The summed E-state index contributed by atoms with van der Waals surface area (Å²) in [5.74, 6) is 2.58. The van der Waals surface area contributed by atoms with Crippen LogP contribution in [0.25, 0.3) is 0 Å². The Morgan fingerprint density at radius 1 is 0.773 bits per heavy atom. The third-order valence-corrected chi connectivity index (χ3v) is 3.54. The number of para-hydroxylation sites is 1. The van der Waals surface area contributed by atoms with Crippen molar-refractivity contribution in [3.8, 4) is 23.0 Å². The molecule has 2 aromatic carbocycles. The molecule has 5 heteroatoms. The first kappa shape index (κ1) is 16.0. The van der Waals surface area contributed by atoms with Crippen LogP contribution in [0, 0.1) is 0 Å². The maximum atomic E-state index is 6.40. The van der Waals surface area contributed by atoms with Gasteiger partial charge in [0.15, 0.2) is 23.0 Å². The Bertz CT molecular complexity index is 643. The van der Waals surface area contributed by atoms with Gasteiger partial charge in [-0.25, -0.2) is 0 Å². The molecule has 0 fully saturated rings. The lowest BCUT2D eigenvalue weighted by molar-refractivity contribution is 0.350. The van der Waals surface area contributed by atoms with Gasteiger partial charge in [0.05, 0.1) is 34.5 Å². The van der Waals surface area contributed by atoms with Crippen molar-refractivity contribution in [1.82, 2.24) is 0 Å². The molecule has 5 nitrogen and oxygen atoms in total. The number of benzene rings is 2. The number of rotatable bonds is 6. The van der Waals surface area contributed by atoms with Crippen LogP contribution in [0.15, 0.2) is 36.4 Å². The summed E-state index contributed by atoms with van der Waals surface area (Å²) in [5, 5.41) is 0. The molecule has 0 amide bonds. The Labute approximate surface area is 130 Å². The standard InChI is InChI=1S/C17H21NO4/c1-19-13-9-8-11(10-15(13)21-3)16(18)12-6-5-7-14(20-2)17(12)22-4/h5-10,16H,18H2,1-4H3. The van der Waals surface area contributed by atoms with Crippen LogP contribution in [-0.2, 0) is 0 Å². The van der Waals surface area contributed by atoms with Crippen LogP contribution in [0.3, 0.4) is 0 Å². The van der Waals surface area contributed by atoms with Crippen molar-refractivity contribution in [3.05, 3.63) is 47.5 Å². The fourth-order valence-corrected chi connectivity index (χ4v) is 2.38. The highest BCUT2D eigenvalue weighted by Crippen LogP contribution is 2.38. The van der Waals surface area contributed by atoms with Crippen LogP contribution in [0.1, 0.15) is 17.2 Å². The van der Waals surface area contributed by atoms with Crippen LogP contribution >= 0.6 is 0 Å². The lowest BCUT2D eigenvalue weighted by Gasteiger charge is -2.19. The predicted molar refractivity (Wildman–Crippen MR) is 85.1 cm³/mol. The molecule has 2 aromatic rings. The second kappa shape index (κ2) is 7.04. The van der Waals surface area contributed by atoms with Crippen molar-refractivity contribution in [2.24, 2.45) is 5.73 Å². The normalized spacial score (nSPS) is 11.7. The van der Waals surface area contributed by atoms with Gasteiger partial charge in [0, 0.05) is 5.56 Å². The first-order chi connectivity index (χ1) is 10.7. The van der Waals surface area contributed by atoms with Crippen molar-refractivity contribution >= 4 is 0 Å². The topological polar surface area (TPSA) is 62.9 Å². The third-order valence-electron chi connectivity index (χ3n) is 3.54. The van der Waals surface area contributed by atoms with Crippen molar-refractivity contribution in [2.45, 2.75) is 6.04 Å². The Balaban J connectivity index is 2.46. The second-order valence-corrected chi connectivity index (χ2v) is 4.67. The van der Waals surface area contributed by atoms with E-state index in [4.69, 9.17) is 24.7 Å². The van der Waals surface area contributed by atoms with E-state index in [1.54, 1.807) is 28.4 Å². The van der Waals surface area contributed by atoms with E-state index in [9.17, 15) is 0 Å². The molecule has 0 aliphatic carbocycles. The molecular formula is C17H21NO4. The van der Waals surface area contributed by atoms with Gasteiger partial charge in [0.2, 0.25) is 0 Å². The van der Waals surface area contributed by atoms with Gasteiger partial charge >= 0.3 is 0 Å². The van der Waals surface area contributed by atoms with Crippen molar-refractivity contribution in [3.63, 3.8) is 0 Å². The van der Waals surface area contributed by atoms with E-state index in [0.717, 1.165) is 11.1 Å². The largest absolute Gasteiger partial charge is 0.493 e. The van der Waals surface area contributed by atoms with Crippen molar-refractivity contribution in [2.75, 3.05) is 28.4 Å². The lowest BCUT2D eigenvalue weighted by atomic mass is 9.98. The summed E-state index contributed by atoms with van der Waals surface area (Å²) in [6, 6.07) is 10.9. The lowest BCUT2D eigenvalue weighted by Crippen LogP contribution is -2.13. The molecule has 0 aliphatic rings. The maximum Gasteiger partial charge on any atom is 0.165 e. The van der Waals surface area contributed by atoms with E-state index in [1.165, 1.54) is 0 Å². The Morgan fingerprint density at radius 3 is 2.05 bits per heavy atom. The van der Waals surface area contributed by atoms with Gasteiger partial charge < -0.3 is 24.7 Å². The molecule has 22 heavy (non-hydrogen) atoms. The summed E-state index contributed by atoms with van der Waals surface area (Å²) in [6.07, 6.45) is 0. The Hall–Kier alpha value is -2.40. The van der Waals surface area contributed by atoms with E-state index in [0.29, 0.717) is 23.0 Å². The Morgan fingerprint density at radius 2 is 1.45 bits per heavy atom. The first-order valence-electron chi connectivity index (χ1n) is 6.84. The molecule has 2 rings (SSSR count). The second-order valence-electron chi connectivity index (χ2n) is 4.67. The molecule has 0 aliphatic heterocycles. The number of nitrogens with two attached hydrogens (primary N) is 1. The van der Waals surface area contributed by atoms with Gasteiger partial charge in [-0.2, -0.15) is 0 Å². The number of hydrogen-bond acceptors (Lipinski definition) is 5. The highest BCUT2D eigenvalue weighted by Gasteiger charge is 2.18. The van der Waals surface area contributed by atoms with Crippen LogP contribution < -0.4 is 24.7 Å². The van der Waals surface area contributed by atoms with E-state index < -0.39 is 0 Å². The summed E-state index contributed by atoms with van der Waals surface area (Å²) >= 11 is 0. The van der Waals surface area contributed by atoms with Gasteiger partial charge in [-0.05, 0) is 23.8 Å². The van der Waals surface area contributed by atoms with E-state index in [1.807, 2.05) is 36.4 Å². The molecule has 1 unspecified atom stereocenters. The van der Waals surface area contributed by atoms with Crippen LogP contribution in [0.4, 0.5) is 0 Å². The van der Waals surface area contributed by atoms with Gasteiger partial charge in [-0.3, -0.25) is 0 Å². The number of methoxy groups -OCH3 is 4. The molecule has 0 saturated carbocycles. The molecule has 2 N–H and O–H groups in total. The summed E-state index contributed by atoms with van der Waals surface area (Å²) in [6.45, 7) is 0.